The number of nitrogens with one attached hydrogen (secondary N) is 1. The standard InChI is InChI=1S/C44H38BrClFN7O9/c1-50-33-21-35(62-3)34(61-2)20-31(33)48-30(40(50)57)14-15-51-42(59)52-16-13-27-32(54(52)43(51)60)19-28-39(56)53(49-26-11-9-25(47)10-12-26)41(58)44(28,23-5-7-24(46)8-6-23)37(27)22-17-29(45)38(55)36(18-22)63-4/h5-13,17-18,20-21,28,32,37,49,55H,14-16,19H2,1-4H3. The number of hydrogen-bond acceptors (Lipinski definition) is 11. The topological polar surface area (TPSA) is 181 Å². The molecule has 2 aliphatic heterocycles. The van der Waals surface area contributed by atoms with Crippen LogP contribution in [-0.2, 0) is 41.6 Å². The van der Waals surface area contributed by atoms with Crippen molar-refractivity contribution < 1.29 is 33.3 Å². The maximum atomic E-state index is 15.4. The molecule has 4 atom stereocenters. The van der Waals surface area contributed by atoms with Crippen molar-refractivity contribution in [1.29, 1.82) is 0 Å². The van der Waals surface area contributed by atoms with Gasteiger partial charge in [0.15, 0.2) is 23.0 Å². The van der Waals surface area contributed by atoms with Crippen LogP contribution in [0.25, 0.3) is 11.0 Å². The first-order valence-corrected chi connectivity index (χ1v) is 20.9. The predicted octanol–water partition coefficient (Wildman–Crippen LogP) is 5.21. The Balaban J connectivity index is 1.19. The molecule has 19 heteroatoms. The molecule has 2 aromatic heterocycles. The van der Waals surface area contributed by atoms with Crippen LogP contribution in [0, 0.1) is 11.7 Å². The molecule has 9 rings (SSSR count). The number of imide groups is 1. The van der Waals surface area contributed by atoms with E-state index in [0.717, 1.165) is 9.58 Å². The number of benzene rings is 4. The molecule has 4 aromatic carbocycles. The molecular formula is C44H38BrClFN7O9. The summed E-state index contributed by atoms with van der Waals surface area (Å²) in [6.07, 6.45) is 1.61. The SMILES string of the molecule is COc1cc2nc(CCn3c(=O)n4n(c3=O)C3CC5C(=O)N(Nc6ccc(F)cc6)C(=O)C5(c5ccc(Cl)cc5)C(c5cc(Br)c(O)c(OC)c5)C3=CC4)c(=O)n(C)c2cc1OC. The lowest BCUT2D eigenvalue weighted by Crippen LogP contribution is -2.53. The molecule has 2 fully saturated rings. The molecular weight excluding hydrogens is 905 g/mol. The summed E-state index contributed by atoms with van der Waals surface area (Å²) < 4.78 is 35.7. The minimum atomic E-state index is -1.69. The molecule has 4 heterocycles. The fourth-order valence-electron chi connectivity index (χ4n) is 9.54. The molecule has 63 heavy (non-hydrogen) atoms. The quantitative estimate of drug-likeness (QED) is 0.136. The molecule has 0 spiro atoms. The lowest BCUT2D eigenvalue weighted by molar-refractivity contribution is -0.138. The number of amides is 2. The van der Waals surface area contributed by atoms with Crippen LogP contribution in [0.5, 0.6) is 23.0 Å². The number of phenolic OH excluding ortho intramolecular Hbond substituents is 1. The lowest BCUT2D eigenvalue weighted by Gasteiger charge is -2.49. The summed E-state index contributed by atoms with van der Waals surface area (Å²) >= 11 is 9.84. The van der Waals surface area contributed by atoms with Gasteiger partial charge in [-0.15, -0.1) is 0 Å². The second kappa shape index (κ2) is 15.6. The lowest BCUT2D eigenvalue weighted by atomic mass is 9.53. The van der Waals surface area contributed by atoms with Gasteiger partial charge >= 0.3 is 11.4 Å². The van der Waals surface area contributed by atoms with Crippen molar-refractivity contribution in [3.63, 3.8) is 0 Å². The Morgan fingerprint density at radius 1 is 0.921 bits per heavy atom. The molecule has 1 saturated carbocycles. The number of nitrogens with zero attached hydrogens (tertiary/aromatic N) is 6. The summed E-state index contributed by atoms with van der Waals surface area (Å²) in [5.41, 5.74) is 2.20. The first-order chi connectivity index (χ1) is 30.2. The minimum absolute atomic E-state index is 0.0741. The van der Waals surface area contributed by atoms with Gasteiger partial charge < -0.3 is 23.9 Å². The Kier molecular flexibility index (Phi) is 10.3. The Bertz CT molecular complexity index is 3110. The highest BCUT2D eigenvalue weighted by Crippen LogP contribution is 2.62. The van der Waals surface area contributed by atoms with Crippen molar-refractivity contribution in [2.24, 2.45) is 13.0 Å². The first kappa shape index (κ1) is 41.7. The van der Waals surface area contributed by atoms with E-state index in [9.17, 15) is 28.7 Å². The molecule has 0 bridgehead atoms. The van der Waals surface area contributed by atoms with Crippen LogP contribution in [0.4, 0.5) is 10.1 Å². The molecule has 1 aliphatic carbocycles. The number of halogens is 3. The fraction of sp³-hybridized carbons (Fsp3) is 0.273. The Morgan fingerprint density at radius 2 is 1.60 bits per heavy atom. The highest BCUT2D eigenvalue weighted by Gasteiger charge is 2.69. The maximum absolute atomic E-state index is 15.4. The number of carbonyl (C=O) groups is 2. The van der Waals surface area contributed by atoms with E-state index in [-0.39, 0.29) is 53.3 Å². The molecule has 2 N–H and O–H groups in total. The van der Waals surface area contributed by atoms with Crippen LogP contribution in [0.3, 0.4) is 0 Å². The van der Waals surface area contributed by atoms with Gasteiger partial charge in [0, 0.05) is 43.1 Å². The van der Waals surface area contributed by atoms with Crippen LogP contribution >= 0.6 is 27.5 Å². The maximum Gasteiger partial charge on any atom is 0.347 e. The van der Waals surface area contributed by atoms with E-state index in [2.05, 4.69) is 26.3 Å². The minimum Gasteiger partial charge on any atom is -0.503 e. The van der Waals surface area contributed by atoms with Gasteiger partial charge in [0.25, 0.3) is 17.4 Å². The molecule has 6 aromatic rings. The van der Waals surface area contributed by atoms with Gasteiger partial charge in [-0.2, -0.15) is 5.01 Å². The number of anilines is 1. The van der Waals surface area contributed by atoms with Crippen LogP contribution < -0.4 is 36.6 Å². The number of allylic oxidation sites excluding steroid dienone is 2. The van der Waals surface area contributed by atoms with Crippen molar-refractivity contribution in [2.45, 2.75) is 43.3 Å². The van der Waals surface area contributed by atoms with Gasteiger partial charge in [-0.1, -0.05) is 29.8 Å². The summed E-state index contributed by atoms with van der Waals surface area (Å²) in [6, 6.07) is 17.3. The van der Waals surface area contributed by atoms with Gasteiger partial charge in [0.2, 0.25) is 0 Å². The molecule has 16 nitrogen and oxygen atoms in total. The Hall–Kier alpha value is -6.66. The van der Waals surface area contributed by atoms with Crippen LogP contribution in [0.1, 0.15) is 35.2 Å². The van der Waals surface area contributed by atoms with E-state index in [1.807, 2.05) is 0 Å². The smallest absolute Gasteiger partial charge is 0.347 e. The zero-order valence-electron chi connectivity index (χ0n) is 34.1. The molecule has 4 unspecified atom stereocenters. The highest BCUT2D eigenvalue weighted by atomic mass is 79.9. The van der Waals surface area contributed by atoms with E-state index in [1.54, 1.807) is 61.7 Å². The molecule has 1 saturated heterocycles. The van der Waals surface area contributed by atoms with E-state index in [4.69, 9.17) is 25.8 Å². The predicted molar refractivity (Wildman–Crippen MR) is 232 cm³/mol. The number of ether oxygens (including phenoxy) is 3. The van der Waals surface area contributed by atoms with Gasteiger partial charge in [0.05, 0.1) is 66.4 Å². The van der Waals surface area contributed by atoms with Crippen LogP contribution in [-0.4, -0.2) is 66.7 Å². The number of hydrazine groups is 1. The third-order valence-electron chi connectivity index (χ3n) is 12.4. The van der Waals surface area contributed by atoms with E-state index in [0.29, 0.717) is 44.3 Å². The van der Waals surface area contributed by atoms with E-state index < -0.39 is 57.9 Å². The van der Waals surface area contributed by atoms with Crippen LogP contribution in [0.15, 0.2) is 103 Å². The summed E-state index contributed by atoms with van der Waals surface area (Å²) in [5, 5.41) is 12.3. The third-order valence-corrected chi connectivity index (χ3v) is 13.3. The molecule has 2 amide bonds. The second-order valence-electron chi connectivity index (χ2n) is 15.5. The number of aromatic nitrogens is 5. The molecule has 0 radical (unpaired) electrons. The number of rotatable bonds is 10. The normalized spacial score (nSPS) is 20.3. The first-order valence-electron chi connectivity index (χ1n) is 19.7. The number of methoxy groups -OCH3 is 3. The van der Waals surface area contributed by atoms with Crippen molar-refractivity contribution in [2.75, 3.05) is 26.8 Å². The van der Waals surface area contributed by atoms with Crippen molar-refractivity contribution in [3.8, 4) is 23.0 Å². The van der Waals surface area contributed by atoms with Crippen molar-refractivity contribution >= 4 is 56.1 Å². The second-order valence-corrected chi connectivity index (χ2v) is 16.8. The molecule has 3 aliphatic rings. The monoisotopic (exact) mass is 941 g/mol. The zero-order valence-corrected chi connectivity index (χ0v) is 36.4. The number of hydrogen-bond donors (Lipinski definition) is 2. The van der Waals surface area contributed by atoms with Crippen molar-refractivity contribution in [1.82, 2.24) is 28.5 Å². The van der Waals surface area contributed by atoms with Gasteiger partial charge in [0.1, 0.15) is 11.5 Å². The number of phenols is 1. The summed E-state index contributed by atoms with van der Waals surface area (Å²) in [6.45, 7) is -0.289. The summed E-state index contributed by atoms with van der Waals surface area (Å²) in [7, 11) is 5.93. The summed E-state index contributed by atoms with van der Waals surface area (Å²) in [4.78, 5) is 77.5. The highest BCUT2D eigenvalue weighted by molar-refractivity contribution is 9.10. The van der Waals surface area contributed by atoms with E-state index in [1.165, 1.54) is 59.5 Å². The number of carbonyl (C=O) groups excluding carboxylic acids is 2. The number of fused-ring (bicyclic) bond motifs is 5. The Labute approximate surface area is 370 Å². The van der Waals surface area contributed by atoms with Crippen molar-refractivity contribution in [3.05, 3.63) is 148 Å². The third kappa shape index (κ3) is 6.36. The van der Waals surface area contributed by atoms with Crippen LogP contribution in [0.2, 0.25) is 5.02 Å². The molecule has 324 valence electrons. The Morgan fingerprint density at radius 3 is 2.29 bits per heavy atom. The number of aryl methyl sites for hydroxylation is 2. The zero-order chi connectivity index (χ0) is 44.6. The van der Waals surface area contributed by atoms with Gasteiger partial charge in [-0.25, -0.2) is 32.9 Å². The summed E-state index contributed by atoms with van der Waals surface area (Å²) in [5.74, 6) is -3.27. The van der Waals surface area contributed by atoms with Gasteiger partial charge in [-0.3, -0.25) is 19.8 Å². The average Bonchev–Trinajstić information content (AvgIpc) is 3.65. The van der Waals surface area contributed by atoms with Gasteiger partial charge in [-0.05, 0) is 87.6 Å². The van der Waals surface area contributed by atoms with E-state index >= 15 is 4.79 Å². The number of aromatic hydroxyl groups is 1. The largest absolute Gasteiger partial charge is 0.503 e. The average molecular weight is 943 g/mol. The fourth-order valence-corrected chi connectivity index (χ4v) is 10.1.